The van der Waals surface area contributed by atoms with Gasteiger partial charge in [0.2, 0.25) is 11.8 Å². The topological polar surface area (TPSA) is 62.3 Å². The minimum Gasteiger partial charge on any atom is -0.439 e. The summed E-state index contributed by atoms with van der Waals surface area (Å²) in [5.74, 6) is 2.55. The number of nitrogens with zero attached hydrogens (tertiary/aromatic N) is 3. The number of para-hydroxylation sites is 1. The second-order valence-corrected chi connectivity index (χ2v) is 7.01. The summed E-state index contributed by atoms with van der Waals surface area (Å²) < 4.78 is 5.93. The molecule has 2 aromatic rings. The van der Waals surface area contributed by atoms with Gasteiger partial charge in [-0.1, -0.05) is 18.2 Å². The monoisotopic (exact) mass is 371 g/mol. The molecule has 0 aliphatic carbocycles. The summed E-state index contributed by atoms with van der Waals surface area (Å²) in [6.45, 7) is 6.05. The van der Waals surface area contributed by atoms with Gasteiger partial charge in [0.05, 0.1) is 0 Å². The van der Waals surface area contributed by atoms with Crippen molar-refractivity contribution in [1.29, 1.82) is 0 Å². The average molecular weight is 372 g/mol. The van der Waals surface area contributed by atoms with Gasteiger partial charge in [-0.25, -0.2) is 0 Å². The maximum Gasteiger partial charge on any atom is 0.234 e. The van der Waals surface area contributed by atoms with E-state index in [0.717, 1.165) is 24.7 Å². The van der Waals surface area contributed by atoms with Crippen molar-refractivity contribution in [2.75, 3.05) is 23.3 Å². The molecule has 1 fully saturated rings. The fourth-order valence-electron chi connectivity index (χ4n) is 2.82. The van der Waals surface area contributed by atoms with Gasteiger partial charge in [-0.3, -0.25) is 0 Å². The van der Waals surface area contributed by atoms with Crippen molar-refractivity contribution in [3.63, 3.8) is 0 Å². The fourth-order valence-corrected chi connectivity index (χ4v) is 3.14. The predicted molar refractivity (Wildman–Crippen MR) is 109 cm³/mol. The Morgan fingerprint density at radius 1 is 1.12 bits per heavy atom. The lowest BCUT2D eigenvalue weighted by molar-refractivity contribution is 0.461. The van der Waals surface area contributed by atoms with E-state index in [0.29, 0.717) is 16.9 Å². The minimum atomic E-state index is 0.236. The van der Waals surface area contributed by atoms with Crippen molar-refractivity contribution in [2.24, 2.45) is 0 Å². The number of anilines is 2. The molecule has 0 spiro atoms. The summed E-state index contributed by atoms with van der Waals surface area (Å²) >= 11 is 5.33. The number of ether oxygens (including phenoxy) is 1. The van der Waals surface area contributed by atoms with Gasteiger partial charge in [-0.05, 0) is 57.5 Å². The first-order valence-corrected chi connectivity index (χ1v) is 9.45. The molecule has 2 N–H and O–H groups in total. The Morgan fingerprint density at radius 2 is 1.85 bits per heavy atom. The minimum absolute atomic E-state index is 0.236. The van der Waals surface area contributed by atoms with Gasteiger partial charge in [-0.15, -0.1) is 0 Å². The van der Waals surface area contributed by atoms with Crippen LogP contribution in [0.4, 0.5) is 11.8 Å². The van der Waals surface area contributed by atoms with Gasteiger partial charge in [0.1, 0.15) is 11.6 Å². The lowest BCUT2D eigenvalue weighted by Crippen LogP contribution is -2.35. The average Bonchev–Trinajstić information content (AvgIpc) is 2.62. The summed E-state index contributed by atoms with van der Waals surface area (Å²) in [5.41, 5.74) is 0. The molecule has 26 heavy (non-hydrogen) atoms. The van der Waals surface area contributed by atoms with Crippen molar-refractivity contribution in [3.8, 4) is 11.6 Å². The van der Waals surface area contributed by atoms with Gasteiger partial charge in [-0.2, -0.15) is 9.97 Å². The molecule has 0 unspecified atom stereocenters. The third-order valence-corrected chi connectivity index (χ3v) is 4.20. The molecule has 1 aromatic carbocycles. The van der Waals surface area contributed by atoms with E-state index in [1.807, 2.05) is 50.2 Å². The molecule has 0 bridgehead atoms. The van der Waals surface area contributed by atoms with Gasteiger partial charge in [0.25, 0.3) is 0 Å². The van der Waals surface area contributed by atoms with Crippen molar-refractivity contribution in [2.45, 2.75) is 39.2 Å². The molecule has 1 aliphatic heterocycles. The first-order chi connectivity index (χ1) is 12.6. The van der Waals surface area contributed by atoms with Gasteiger partial charge in [0, 0.05) is 25.2 Å². The Kier molecular flexibility index (Phi) is 6.22. The standard InChI is InChI=1S/C19H25N5OS/c1-14(2)20-19(26)23-18-21-16(24-11-7-4-8-12-24)13-17(22-18)25-15-9-5-3-6-10-15/h3,5-6,9-10,13-14H,4,7-8,11-12H2,1-2H3,(H2,20,21,22,23,26). The van der Waals surface area contributed by atoms with Crippen molar-refractivity contribution >= 4 is 29.1 Å². The van der Waals surface area contributed by atoms with Gasteiger partial charge in [0.15, 0.2) is 5.11 Å². The van der Waals surface area contributed by atoms with E-state index in [1.54, 1.807) is 0 Å². The zero-order valence-electron chi connectivity index (χ0n) is 15.2. The molecule has 0 amide bonds. The zero-order chi connectivity index (χ0) is 18.4. The number of hydrogen-bond acceptors (Lipinski definition) is 5. The molecule has 138 valence electrons. The van der Waals surface area contributed by atoms with E-state index in [-0.39, 0.29) is 6.04 Å². The molecule has 1 aromatic heterocycles. The predicted octanol–water partition coefficient (Wildman–Crippen LogP) is 3.95. The fraction of sp³-hybridized carbons (Fsp3) is 0.421. The number of aromatic nitrogens is 2. The Balaban J connectivity index is 1.84. The second-order valence-electron chi connectivity index (χ2n) is 6.60. The maximum atomic E-state index is 5.93. The number of benzene rings is 1. The third-order valence-electron chi connectivity index (χ3n) is 3.98. The Bertz CT molecular complexity index is 732. The van der Waals surface area contributed by atoms with E-state index >= 15 is 0 Å². The van der Waals surface area contributed by atoms with Crippen LogP contribution < -0.4 is 20.3 Å². The van der Waals surface area contributed by atoms with Crippen LogP contribution in [0.5, 0.6) is 11.6 Å². The molecule has 0 saturated carbocycles. The van der Waals surface area contributed by atoms with Crippen LogP contribution in [0.1, 0.15) is 33.1 Å². The van der Waals surface area contributed by atoms with Crippen LogP contribution in [0, 0.1) is 0 Å². The molecule has 1 aliphatic rings. The molecule has 6 nitrogen and oxygen atoms in total. The molecular formula is C19H25N5OS. The SMILES string of the molecule is CC(C)NC(=S)Nc1nc(Oc2ccccc2)cc(N2CCCCC2)n1. The van der Waals surface area contributed by atoms with E-state index in [4.69, 9.17) is 17.0 Å². The molecule has 3 rings (SSSR count). The highest BCUT2D eigenvalue weighted by Gasteiger charge is 2.16. The Morgan fingerprint density at radius 3 is 2.54 bits per heavy atom. The largest absolute Gasteiger partial charge is 0.439 e. The van der Waals surface area contributed by atoms with Crippen LogP contribution in [0.2, 0.25) is 0 Å². The van der Waals surface area contributed by atoms with Crippen LogP contribution in [-0.2, 0) is 0 Å². The third kappa shape index (κ3) is 5.29. The van der Waals surface area contributed by atoms with Crippen LogP contribution in [0.15, 0.2) is 36.4 Å². The molecule has 0 radical (unpaired) electrons. The summed E-state index contributed by atoms with van der Waals surface area (Å²) in [5, 5.41) is 6.72. The quantitative estimate of drug-likeness (QED) is 0.772. The van der Waals surface area contributed by atoms with Crippen LogP contribution in [-0.4, -0.2) is 34.2 Å². The maximum absolute atomic E-state index is 5.93. The highest BCUT2D eigenvalue weighted by molar-refractivity contribution is 7.80. The number of thiocarbonyl (C=S) groups is 1. The second kappa shape index (κ2) is 8.80. The number of piperidine rings is 1. The first-order valence-electron chi connectivity index (χ1n) is 9.04. The lowest BCUT2D eigenvalue weighted by Gasteiger charge is -2.28. The Hall–Kier alpha value is -2.41. The van der Waals surface area contributed by atoms with Crippen LogP contribution >= 0.6 is 12.2 Å². The van der Waals surface area contributed by atoms with Crippen molar-refractivity contribution in [3.05, 3.63) is 36.4 Å². The summed E-state index contributed by atoms with van der Waals surface area (Å²) in [6, 6.07) is 11.8. The van der Waals surface area contributed by atoms with Gasteiger partial charge < -0.3 is 20.3 Å². The van der Waals surface area contributed by atoms with E-state index in [1.165, 1.54) is 19.3 Å². The molecule has 1 saturated heterocycles. The van der Waals surface area contributed by atoms with Crippen molar-refractivity contribution in [1.82, 2.24) is 15.3 Å². The highest BCUT2D eigenvalue weighted by Crippen LogP contribution is 2.26. The highest BCUT2D eigenvalue weighted by atomic mass is 32.1. The first kappa shape index (κ1) is 18.4. The van der Waals surface area contributed by atoms with E-state index in [9.17, 15) is 0 Å². The molecule has 0 atom stereocenters. The zero-order valence-corrected chi connectivity index (χ0v) is 16.1. The number of rotatable bonds is 5. The number of nitrogens with one attached hydrogen (secondary N) is 2. The van der Waals surface area contributed by atoms with E-state index in [2.05, 4.69) is 25.5 Å². The number of hydrogen-bond donors (Lipinski definition) is 2. The molecular weight excluding hydrogens is 346 g/mol. The normalized spacial score (nSPS) is 14.2. The molecule has 7 heteroatoms. The summed E-state index contributed by atoms with van der Waals surface area (Å²) in [7, 11) is 0. The van der Waals surface area contributed by atoms with Crippen molar-refractivity contribution < 1.29 is 4.74 Å². The summed E-state index contributed by atoms with van der Waals surface area (Å²) in [4.78, 5) is 11.4. The Labute approximate surface area is 160 Å². The van der Waals surface area contributed by atoms with Crippen LogP contribution in [0.25, 0.3) is 0 Å². The van der Waals surface area contributed by atoms with Crippen LogP contribution in [0.3, 0.4) is 0 Å². The lowest BCUT2D eigenvalue weighted by atomic mass is 10.1. The molecule has 2 heterocycles. The summed E-state index contributed by atoms with van der Waals surface area (Å²) in [6.07, 6.45) is 3.62. The smallest absolute Gasteiger partial charge is 0.234 e. The van der Waals surface area contributed by atoms with Gasteiger partial charge >= 0.3 is 0 Å². The van der Waals surface area contributed by atoms with E-state index < -0.39 is 0 Å².